The molecule has 0 saturated carbocycles. The Morgan fingerprint density at radius 1 is 1.03 bits per heavy atom. The van der Waals surface area contributed by atoms with Crippen LogP contribution in [0.2, 0.25) is 0 Å². The van der Waals surface area contributed by atoms with E-state index in [0.29, 0.717) is 16.6 Å². The van der Waals surface area contributed by atoms with Crippen molar-refractivity contribution in [1.29, 1.82) is 0 Å². The van der Waals surface area contributed by atoms with Crippen LogP contribution < -0.4 is 5.56 Å². The summed E-state index contributed by atoms with van der Waals surface area (Å²) in [6.07, 6.45) is -0.326. The molecule has 2 aromatic carbocycles. The molecule has 1 N–H and O–H groups in total. The molecule has 0 aliphatic carbocycles. The average Bonchev–Trinajstić information content (AvgIpc) is 3.10. The molecule has 4 nitrogen and oxygen atoms in total. The minimum absolute atomic E-state index is 0.283. The van der Waals surface area contributed by atoms with Crippen molar-refractivity contribution >= 4 is 11.0 Å². The molecule has 0 aliphatic heterocycles. The summed E-state index contributed by atoms with van der Waals surface area (Å²) < 4.78 is 40.7. The zero-order valence-electron chi connectivity index (χ0n) is 16.0. The molecule has 0 atom stereocenters. The number of hydrogen-bond donors (Lipinski definition) is 1. The summed E-state index contributed by atoms with van der Waals surface area (Å²) in [5, 5.41) is 0.330. The number of hydrogen-bond acceptors (Lipinski definition) is 2. The number of nitrogens with zero attached hydrogens (tertiary/aromatic N) is 2. The van der Waals surface area contributed by atoms with Crippen LogP contribution in [0, 0.1) is 0 Å². The van der Waals surface area contributed by atoms with Crippen LogP contribution in [0.3, 0.4) is 0 Å². The van der Waals surface area contributed by atoms with Gasteiger partial charge in [-0.25, -0.2) is 4.98 Å². The fraction of sp³-hybridized carbons (Fsp3) is 0.182. The first kappa shape index (κ1) is 20.4. The van der Waals surface area contributed by atoms with Crippen molar-refractivity contribution in [2.75, 3.05) is 0 Å². The first-order chi connectivity index (χ1) is 13.9. The van der Waals surface area contributed by atoms with Crippen LogP contribution in [-0.2, 0) is 6.18 Å². The standard InChI is InChI=1S/C19H12F3N3O.C3H8/c20-19(21,22)13-7-4-8-14(9-13)25-10-15(12-5-2-1-3-6-12)16-17(25)23-11-24-18(16)26;1-3-2/h1-11H,(H,23,24,26);3H2,1-2H3. The van der Waals surface area contributed by atoms with Crippen LogP contribution in [0.5, 0.6) is 0 Å². The summed E-state index contributed by atoms with van der Waals surface area (Å²) in [5.74, 6) is 0. The molecule has 4 aromatic rings. The van der Waals surface area contributed by atoms with Gasteiger partial charge in [-0.05, 0) is 23.8 Å². The van der Waals surface area contributed by atoms with Crippen molar-refractivity contribution in [2.24, 2.45) is 0 Å². The highest BCUT2D eigenvalue weighted by atomic mass is 19.4. The third-order valence-electron chi connectivity index (χ3n) is 4.13. The molecule has 0 amide bonds. The monoisotopic (exact) mass is 399 g/mol. The average molecular weight is 399 g/mol. The fourth-order valence-electron chi connectivity index (χ4n) is 2.94. The zero-order valence-corrected chi connectivity index (χ0v) is 16.0. The molecule has 2 heterocycles. The molecule has 0 radical (unpaired) electrons. The van der Waals surface area contributed by atoms with Crippen molar-refractivity contribution in [3.05, 3.63) is 83.0 Å². The number of fused-ring (bicyclic) bond motifs is 1. The second-order valence-electron chi connectivity index (χ2n) is 6.46. The molecule has 0 aliphatic rings. The Hall–Kier alpha value is -3.35. The van der Waals surface area contributed by atoms with E-state index in [-0.39, 0.29) is 11.2 Å². The smallest absolute Gasteiger partial charge is 0.312 e. The number of halogens is 3. The number of nitrogens with one attached hydrogen (secondary N) is 1. The molecule has 29 heavy (non-hydrogen) atoms. The molecule has 2 aromatic heterocycles. The van der Waals surface area contributed by atoms with E-state index in [0.717, 1.165) is 17.7 Å². The van der Waals surface area contributed by atoms with Crippen molar-refractivity contribution < 1.29 is 13.2 Å². The maximum Gasteiger partial charge on any atom is 0.416 e. The van der Waals surface area contributed by atoms with Crippen LogP contribution >= 0.6 is 0 Å². The fourth-order valence-corrected chi connectivity index (χ4v) is 2.94. The highest BCUT2D eigenvalue weighted by Gasteiger charge is 2.30. The van der Waals surface area contributed by atoms with Gasteiger partial charge in [0.2, 0.25) is 0 Å². The highest BCUT2D eigenvalue weighted by molar-refractivity contribution is 5.94. The predicted octanol–water partition coefficient (Wildman–Crippen LogP) is 5.82. The SMILES string of the molecule is CCC.O=c1[nH]cnc2c1c(-c1ccccc1)cn2-c1cccc(C(F)(F)F)c1. The number of rotatable bonds is 2. The molecular weight excluding hydrogens is 379 g/mol. The summed E-state index contributed by atoms with van der Waals surface area (Å²) >= 11 is 0. The van der Waals surface area contributed by atoms with Gasteiger partial charge in [-0.3, -0.25) is 4.79 Å². The molecule has 0 fully saturated rings. The molecule has 7 heteroatoms. The third-order valence-corrected chi connectivity index (χ3v) is 4.13. The van der Waals surface area contributed by atoms with Gasteiger partial charge in [0.1, 0.15) is 0 Å². The molecule has 0 bridgehead atoms. The molecule has 0 unspecified atom stereocenters. The lowest BCUT2D eigenvalue weighted by Gasteiger charge is -2.10. The van der Waals surface area contributed by atoms with Crippen LogP contribution in [0.1, 0.15) is 25.8 Å². The molecular formula is C22H20F3N3O. The Morgan fingerprint density at radius 3 is 2.38 bits per heavy atom. The van der Waals surface area contributed by atoms with Crippen LogP contribution in [-0.4, -0.2) is 14.5 Å². The number of aromatic amines is 1. The lowest BCUT2D eigenvalue weighted by atomic mass is 10.1. The predicted molar refractivity (Wildman–Crippen MR) is 108 cm³/mol. The largest absolute Gasteiger partial charge is 0.416 e. The highest BCUT2D eigenvalue weighted by Crippen LogP contribution is 2.33. The van der Waals surface area contributed by atoms with Crippen molar-refractivity contribution in [1.82, 2.24) is 14.5 Å². The first-order valence-corrected chi connectivity index (χ1v) is 9.18. The third kappa shape index (κ3) is 4.23. The second-order valence-corrected chi connectivity index (χ2v) is 6.46. The van der Waals surface area contributed by atoms with Crippen molar-refractivity contribution in [3.8, 4) is 16.8 Å². The van der Waals surface area contributed by atoms with Gasteiger partial charge < -0.3 is 9.55 Å². The Kier molecular flexibility index (Phi) is 5.87. The Morgan fingerprint density at radius 2 is 1.72 bits per heavy atom. The van der Waals surface area contributed by atoms with Gasteiger partial charge in [0, 0.05) is 17.4 Å². The Labute approximate surface area is 165 Å². The van der Waals surface area contributed by atoms with E-state index in [1.54, 1.807) is 12.3 Å². The van der Waals surface area contributed by atoms with Gasteiger partial charge in [0.15, 0.2) is 5.65 Å². The number of aromatic nitrogens is 3. The van der Waals surface area contributed by atoms with Crippen molar-refractivity contribution in [2.45, 2.75) is 26.4 Å². The van der Waals surface area contributed by atoms with Crippen LogP contribution in [0.4, 0.5) is 13.2 Å². The lowest BCUT2D eigenvalue weighted by molar-refractivity contribution is -0.137. The maximum atomic E-state index is 13.1. The van der Waals surface area contributed by atoms with Crippen LogP contribution in [0.25, 0.3) is 27.8 Å². The van der Waals surface area contributed by atoms with Gasteiger partial charge in [0.05, 0.1) is 17.3 Å². The number of alkyl halides is 3. The topological polar surface area (TPSA) is 50.7 Å². The van der Waals surface area contributed by atoms with Gasteiger partial charge in [0.25, 0.3) is 5.56 Å². The summed E-state index contributed by atoms with van der Waals surface area (Å²) in [5.41, 5.74) is 0.855. The van der Waals surface area contributed by atoms with E-state index in [9.17, 15) is 18.0 Å². The van der Waals surface area contributed by atoms with Gasteiger partial charge >= 0.3 is 6.18 Å². The zero-order chi connectivity index (χ0) is 21.0. The van der Waals surface area contributed by atoms with E-state index in [1.165, 1.54) is 23.4 Å². The normalized spacial score (nSPS) is 11.2. The first-order valence-electron chi connectivity index (χ1n) is 9.18. The van der Waals surface area contributed by atoms with Gasteiger partial charge in [-0.1, -0.05) is 56.7 Å². The van der Waals surface area contributed by atoms with E-state index in [2.05, 4.69) is 23.8 Å². The summed E-state index contributed by atoms with van der Waals surface area (Å²) in [6.45, 7) is 4.25. The number of H-pyrrole nitrogens is 1. The maximum absolute atomic E-state index is 13.1. The van der Waals surface area contributed by atoms with E-state index >= 15 is 0 Å². The lowest BCUT2D eigenvalue weighted by Crippen LogP contribution is -2.08. The Bertz CT molecular complexity index is 1160. The molecule has 4 rings (SSSR count). The minimum atomic E-state index is -4.45. The minimum Gasteiger partial charge on any atom is -0.312 e. The van der Waals surface area contributed by atoms with E-state index < -0.39 is 11.7 Å². The summed E-state index contributed by atoms with van der Waals surface area (Å²) in [6, 6.07) is 14.1. The molecule has 150 valence electrons. The van der Waals surface area contributed by atoms with Gasteiger partial charge in [-0.15, -0.1) is 0 Å². The molecule has 0 spiro atoms. The summed E-state index contributed by atoms with van der Waals surface area (Å²) in [7, 11) is 0. The van der Waals surface area contributed by atoms with Crippen LogP contribution in [0.15, 0.2) is 71.9 Å². The van der Waals surface area contributed by atoms with Crippen molar-refractivity contribution in [3.63, 3.8) is 0 Å². The Balaban J connectivity index is 0.000000755. The molecule has 0 saturated heterocycles. The number of benzene rings is 2. The quantitative estimate of drug-likeness (QED) is 0.462. The second kappa shape index (κ2) is 8.34. The van der Waals surface area contributed by atoms with E-state index in [1.807, 2.05) is 30.3 Å². The van der Waals surface area contributed by atoms with Gasteiger partial charge in [-0.2, -0.15) is 13.2 Å². The summed E-state index contributed by atoms with van der Waals surface area (Å²) in [4.78, 5) is 19.1. The van der Waals surface area contributed by atoms with E-state index in [4.69, 9.17) is 0 Å².